The third kappa shape index (κ3) is 4.48. The van der Waals surface area contributed by atoms with Gasteiger partial charge in [-0.05, 0) is 61.9 Å². The topological polar surface area (TPSA) is 71.0 Å². The highest BCUT2D eigenvalue weighted by molar-refractivity contribution is 6.02. The van der Waals surface area contributed by atoms with Gasteiger partial charge in [0, 0.05) is 17.5 Å². The Labute approximate surface area is 217 Å². The largest absolute Gasteiger partial charge is 0.494 e. The molecule has 194 valence electrons. The summed E-state index contributed by atoms with van der Waals surface area (Å²) in [5, 5.41) is 7.09. The van der Waals surface area contributed by atoms with Crippen molar-refractivity contribution in [2.45, 2.75) is 32.5 Å². The molecule has 0 amide bonds. The molecule has 0 aliphatic carbocycles. The molecule has 0 aromatic heterocycles. The van der Waals surface area contributed by atoms with Crippen LogP contribution in [0.2, 0.25) is 0 Å². The molecule has 0 N–H and O–H groups in total. The van der Waals surface area contributed by atoms with Crippen LogP contribution < -0.4 is 28.4 Å². The second kappa shape index (κ2) is 10.5. The molecular formula is C29H32N2O6. The van der Waals surface area contributed by atoms with E-state index in [0.29, 0.717) is 36.2 Å². The number of para-hydroxylation sites is 1. The van der Waals surface area contributed by atoms with Gasteiger partial charge in [0.05, 0.1) is 46.3 Å². The molecule has 0 bridgehead atoms. The Hall–Kier alpha value is -4.07. The van der Waals surface area contributed by atoms with E-state index >= 15 is 0 Å². The fourth-order valence-corrected chi connectivity index (χ4v) is 4.90. The zero-order valence-electron chi connectivity index (χ0n) is 21.8. The third-order valence-corrected chi connectivity index (χ3v) is 6.55. The molecule has 3 aromatic carbocycles. The Balaban J connectivity index is 1.61. The van der Waals surface area contributed by atoms with Gasteiger partial charge in [0.25, 0.3) is 0 Å². The first-order valence-electron chi connectivity index (χ1n) is 12.4. The van der Waals surface area contributed by atoms with E-state index in [-0.39, 0.29) is 6.04 Å². The molecule has 8 heteroatoms. The highest BCUT2D eigenvalue weighted by Crippen LogP contribution is 2.52. The molecule has 2 aliphatic rings. The number of rotatable bonds is 9. The molecule has 8 nitrogen and oxygen atoms in total. The summed E-state index contributed by atoms with van der Waals surface area (Å²) >= 11 is 0. The molecule has 2 aliphatic heterocycles. The third-order valence-electron chi connectivity index (χ3n) is 6.55. The van der Waals surface area contributed by atoms with E-state index in [9.17, 15) is 0 Å². The van der Waals surface area contributed by atoms with Crippen molar-refractivity contribution in [3.63, 3.8) is 0 Å². The number of methoxy groups -OCH3 is 3. The predicted octanol–water partition coefficient (Wildman–Crippen LogP) is 5.75. The lowest BCUT2D eigenvalue weighted by molar-refractivity contribution is -0.0214. The number of hydrogen-bond donors (Lipinski definition) is 0. The van der Waals surface area contributed by atoms with E-state index < -0.39 is 6.23 Å². The molecule has 0 fully saturated rings. The van der Waals surface area contributed by atoms with Crippen LogP contribution in [0.5, 0.6) is 34.5 Å². The van der Waals surface area contributed by atoms with Crippen LogP contribution in [0.15, 0.2) is 59.7 Å². The normalized spacial score (nSPS) is 17.8. The van der Waals surface area contributed by atoms with Crippen LogP contribution >= 0.6 is 0 Å². The van der Waals surface area contributed by atoms with Crippen LogP contribution in [-0.4, -0.2) is 45.3 Å². The minimum Gasteiger partial charge on any atom is -0.494 e. The van der Waals surface area contributed by atoms with Crippen molar-refractivity contribution in [2.75, 3.05) is 34.5 Å². The van der Waals surface area contributed by atoms with Gasteiger partial charge < -0.3 is 28.4 Å². The highest BCUT2D eigenvalue weighted by atomic mass is 16.5. The van der Waals surface area contributed by atoms with E-state index in [1.54, 1.807) is 21.3 Å². The Kier molecular flexibility index (Phi) is 6.99. The lowest BCUT2D eigenvalue weighted by atomic mass is 9.95. The van der Waals surface area contributed by atoms with Gasteiger partial charge in [0.1, 0.15) is 5.75 Å². The lowest BCUT2D eigenvalue weighted by Crippen LogP contribution is -2.34. The lowest BCUT2D eigenvalue weighted by Gasteiger charge is -2.39. The van der Waals surface area contributed by atoms with Crippen molar-refractivity contribution in [3.05, 3.63) is 71.3 Å². The van der Waals surface area contributed by atoms with Crippen LogP contribution in [-0.2, 0) is 0 Å². The van der Waals surface area contributed by atoms with Gasteiger partial charge in [-0.15, -0.1) is 0 Å². The first-order chi connectivity index (χ1) is 18.1. The van der Waals surface area contributed by atoms with Crippen molar-refractivity contribution in [1.82, 2.24) is 5.01 Å². The van der Waals surface area contributed by atoms with Crippen molar-refractivity contribution in [3.8, 4) is 34.5 Å². The minimum absolute atomic E-state index is 0.0326. The first kappa shape index (κ1) is 24.6. The minimum atomic E-state index is -0.534. The summed E-state index contributed by atoms with van der Waals surface area (Å²) in [7, 11) is 4.80. The van der Waals surface area contributed by atoms with Crippen LogP contribution in [0.3, 0.4) is 0 Å². The average Bonchev–Trinajstić information content (AvgIpc) is 3.38. The number of fused-ring (bicyclic) bond motifs is 3. The zero-order chi connectivity index (χ0) is 25.9. The number of ether oxygens (including phenoxy) is 6. The summed E-state index contributed by atoms with van der Waals surface area (Å²) in [6, 6.07) is 17.9. The summed E-state index contributed by atoms with van der Waals surface area (Å²) in [6.07, 6.45) is 0.189. The average molecular weight is 505 g/mol. The fraction of sp³-hybridized carbons (Fsp3) is 0.345. The van der Waals surface area contributed by atoms with E-state index in [0.717, 1.165) is 40.3 Å². The molecule has 0 radical (unpaired) electrons. The van der Waals surface area contributed by atoms with E-state index in [2.05, 4.69) is 18.2 Å². The van der Waals surface area contributed by atoms with E-state index in [1.807, 2.05) is 55.3 Å². The molecule has 0 saturated carbocycles. The smallest absolute Gasteiger partial charge is 0.214 e. The van der Waals surface area contributed by atoms with Crippen LogP contribution in [0.25, 0.3) is 0 Å². The van der Waals surface area contributed by atoms with E-state index in [4.69, 9.17) is 33.5 Å². The Morgan fingerprint density at radius 1 is 0.865 bits per heavy atom. The Bertz CT molecular complexity index is 1270. The number of benzene rings is 3. The highest BCUT2D eigenvalue weighted by Gasteiger charge is 2.42. The molecule has 2 atom stereocenters. The Morgan fingerprint density at radius 2 is 1.57 bits per heavy atom. The van der Waals surface area contributed by atoms with Gasteiger partial charge in [-0.1, -0.05) is 12.1 Å². The van der Waals surface area contributed by atoms with Crippen molar-refractivity contribution in [1.29, 1.82) is 0 Å². The maximum atomic E-state index is 6.65. The van der Waals surface area contributed by atoms with Gasteiger partial charge in [0.15, 0.2) is 23.0 Å². The Morgan fingerprint density at radius 3 is 2.19 bits per heavy atom. The standard InChI is InChI=1S/C29H32N2O6/c1-6-35-20-13-11-18(12-14-20)22-17-23-21-9-8-10-24(36-7-2)27(21)37-29(31(23)30-22)19-15-25(32-3)28(34-5)26(16-19)33-4/h8-16,23,29H,6-7,17H2,1-5H3/t23-,29+/m1/s1. The van der Waals surface area contributed by atoms with Crippen LogP contribution in [0.1, 0.15) is 49.2 Å². The van der Waals surface area contributed by atoms with Gasteiger partial charge in [-0.2, -0.15) is 5.10 Å². The van der Waals surface area contributed by atoms with Gasteiger partial charge in [0.2, 0.25) is 12.0 Å². The second-order valence-corrected chi connectivity index (χ2v) is 8.64. The van der Waals surface area contributed by atoms with Crippen LogP contribution in [0, 0.1) is 0 Å². The number of hydrogen-bond acceptors (Lipinski definition) is 8. The predicted molar refractivity (Wildman–Crippen MR) is 140 cm³/mol. The SMILES string of the molecule is CCOc1ccc(C2=NN3[C@H](C2)c2cccc(OCC)c2O[C@H]3c2cc(OC)c(OC)c(OC)c2)cc1. The summed E-state index contributed by atoms with van der Waals surface area (Å²) in [5.74, 6) is 3.91. The fourth-order valence-electron chi connectivity index (χ4n) is 4.90. The molecule has 0 saturated heterocycles. The van der Waals surface area contributed by atoms with Gasteiger partial charge >= 0.3 is 0 Å². The quantitative estimate of drug-likeness (QED) is 0.367. The second-order valence-electron chi connectivity index (χ2n) is 8.64. The molecule has 3 aromatic rings. The molecule has 5 rings (SSSR count). The maximum absolute atomic E-state index is 6.65. The molecule has 2 heterocycles. The van der Waals surface area contributed by atoms with Crippen molar-refractivity contribution >= 4 is 5.71 Å². The molecule has 0 spiro atoms. The molecule has 37 heavy (non-hydrogen) atoms. The summed E-state index contributed by atoms with van der Waals surface area (Å²) in [4.78, 5) is 0. The van der Waals surface area contributed by atoms with Crippen molar-refractivity contribution < 1.29 is 28.4 Å². The molecule has 0 unspecified atom stereocenters. The monoisotopic (exact) mass is 504 g/mol. The summed E-state index contributed by atoms with van der Waals surface area (Å²) in [5.41, 5.74) is 3.89. The van der Waals surface area contributed by atoms with E-state index in [1.165, 1.54) is 0 Å². The molecular weight excluding hydrogens is 472 g/mol. The summed E-state index contributed by atoms with van der Waals surface area (Å²) in [6.45, 7) is 5.11. The first-order valence-corrected chi connectivity index (χ1v) is 12.4. The maximum Gasteiger partial charge on any atom is 0.214 e. The van der Waals surface area contributed by atoms with Crippen LogP contribution in [0.4, 0.5) is 0 Å². The number of nitrogens with zero attached hydrogens (tertiary/aromatic N) is 2. The summed E-state index contributed by atoms with van der Waals surface area (Å²) < 4.78 is 35.0. The zero-order valence-corrected chi connectivity index (χ0v) is 21.8. The van der Waals surface area contributed by atoms with Gasteiger partial charge in [-0.3, -0.25) is 0 Å². The number of hydrazone groups is 1. The van der Waals surface area contributed by atoms with Crippen molar-refractivity contribution in [2.24, 2.45) is 5.10 Å². The van der Waals surface area contributed by atoms with Gasteiger partial charge in [-0.25, -0.2) is 5.01 Å².